The molecule has 0 spiro atoms. The molecule has 0 radical (unpaired) electrons. The second-order valence-electron chi connectivity index (χ2n) is 3.70. The fourth-order valence-corrected chi connectivity index (χ4v) is 1.77. The predicted octanol–water partition coefficient (Wildman–Crippen LogP) is 0.783. The molecule has 0 saturated carbocycles. The van der Waals surface area contributed by atoms with E-state index in [1.54, 1.807) is 0 Å². The van der Waals surface area contributed by atoms with Gasteiger partial charge in [-0.05, 0) is 32.6 Å². The van der Waals surface area contributed by atoms with Crippen LogP contribution in [0.4, 0.5) is 0 Å². The third kappa shape index (κ3) is 3.22. The van der Waals surface area contributed by atoms with Crippen LogP contribution in [0.25, 0.3) is 0 Å². The largest absolute Gasteiger partial charge is 0.370 e. The number of amides is 1. The van der Waals surface area contributed by atoms with Crippen molar-refractivity contribution in [2.75, 3.05) is 0 Å². The Morgan fingerprint density at radius 3 is 2.83 bits per heavy atom. The topological polar surface area (TPSA) is 55.1 Å². The molecule has 3 heteroatoms. The fraction of sp³-hybridized carbons (Fsp3) is 0.889. The highest BCUT2D eigenvalue weighted by molar-refractivity contribution is 5.73. The molecule has 2 atom stereocenters. The Kier molecular flexibility index (Phi) is 3.53. The molecule has 12 heavy (non-hydrogen) atoms. The van der Waals surface area contributed by atoms with Gasteiger partial charge in [-0.2, -0.15) is 0 Å². The summed E-state index contributed by atoms with van der Waals surface area (Å²) in [6.45, 7) is 2.20. The van der Waals surface area contributed by atoms with Gasteiger partial charge in [0.05, 0.1) is 0 Å². The van der Waals surface area contributed by atoms with Gasteiger partial charge in [0.1, 0.15) is 0 Å². The van der Waals surface area contributed by atoms with Crippen molar-refractivity contribution in [1.29, 1.82) is 0 Å². The first-order valence-electron chi connectivity index (χ1n) is 4.73. The van der Waals surface area contributed by atoms with E-state index in [2.05, 4.69) is 12.2 Å². The van der Waals surface area contributed by atoms with Gasteiger partial charge in [-0.15, -0.1) is 0 Å². The first-order chi connectivity index (χ1) is 5.68. The Balaban J connectivity index is 2.04. The molecule has 1 heterocycles. The number of carbonyl (C=O) groups is 1. The maximum atomic E-state index is 10.4. The van der Waals surface area contributed by atoms with E-state index in [1.165, 1.54) is 12.8 Å². The van der Waals surface area contributed by atoms with E-state index in [0.717, 1.165) is 12.8 Å². The molecule has 0 aromatic rings. The van der Waals surface area contributed by atoms with Crippen molar-refractivity contribution in [3.05, 3.63) is 0 Å². The summed E-state index contributed by atoms with van der Waals surface area (Å²) in [7, 11) is 0. The number of primary amides is 1. The zero-order valence-corrected chi connectivity index (χ0v) is 7.68. The van der Waals surface area contributed by atoms with Crippen molar-refractivity contribution in [3.63, 3.8) is 0 Å². The van der Waals surface area contributed by atoms with Gasteiger partial charge in [0.15, 0.2) is 0 Å². The SMILES string of the molecule is CC1CCC(CCCC(N)=O)N1. The van der Waals surface area contributed by atoms with Crippen LogP contribution in [0.5, 0.6) is 0 Å². The average molecular weight is 170 g/mol. The molecule has 1 aliphatic rings. The number of carbonyl (C=O) groups excluding carboxylic acids is 1. The summed E-state index contributed by atoms with van der Waals surface area (Å²) in [5, 5.41) is 3.48. The lowest BCUT2D eigenvalue weighted by atomic mass is 10.1. The minimum absolute atomic E-state index is 0.180. The Morgan fingerprint density at radius 1 is 1.58 bits per heavy atom. The molecule has 70 valence electrons. The first kappa shape index (κ1) is 9.52. The highest BCUT2D eigenvalue weighted by atomic mass is 16.1. The van der Waals surface area contributed by atoms with Crippen LogP contribution in [0.3, 0.4) is 0 Å². The van der Waals surface area contributed by atoms with Crippen LogP contribution in [0.2, 0.25) is 0 Å². The average Bonchev–Trinajstić information content (AvgIpc) is 2.35. The van der Waals surface area contributed by atoms with E-state index >= 15 is 0 Å². The van der Waals surface area contributed by atoms with Crippen LogP contribution in [0.15, 0.2) is 0 Å². The Morgan fingerprint density at radius 2 is 2.33 bits per heavy atom. The van der Waals surface area contributed by atoms with Crippen LogP contribution in [0, 0.1) is 0 Å². The number of hydrogen-bond acceptors (Lipinski definition) is 2. The molecule has 0 aromatic heterocycles. The van der Waals surface area contributed by atoms with Gasteiger partial charge in [-0.1, -0.05) is 0 Å². The lowest BCUT2D eigenvalue weighted by Gasteiger charge is -2.10. The van der Waals surface area contributed by atoms with E-state index in [4.69, 9.17) is 5.73 Å². The normalized spacial score (nSPS) is 29.1. The number of hydrogen-bond donors (Lipinski definition) is 2. The Labute approximate surface area is 73.7 Å². The Hall–Kier alpha value is -0.570. The van der Waals surface area contributed by atoms with Crippen LogP contribution in [0.1, 0.15) is 39.0 Å². The van der Waals surface area contributed by atoms with Gasteiger partial charge in [0.2, 0.25) is 5.91 Å². The van der Waals surface area contributed by atoms with E-state index in [9.17, 15) is 4.79 Å². The zero-order valence-electron chi connectivity index (χ0n) is 7.68. The monoisotopic (exact) mass is 170 g/mol. The number of nitrogens with two attached hydrogens (primary N) is 1. The maximum Gasteiger partial charge on any atom is 0.217 e. The Bertz CT molecular complexity index is 159. The molecular weight excluding hydrogens is 152 g/mol. The quantitative estimate of drug-likeness (QED) is 0.655. The van der Waals surface area contributed by atoms with Crippen LogP contribution < -0.4 is 11.1 Å². The van der Waals surface area contributed by atoms with E-state index in [0.29, 0.717) is 18.5 Å². The molecule has 0 aliphatic carbocycles. The molecule has 3 nitrogen and oxygen atoms in total. The molecule has 1 saturated heterocycles. The maximum absolute atomic E-state index is 10.4. The first-order valence-corrected chi connectivity index (χ1v) is 4.73. The summed E-state index contributed by atoms with van der Waals surface area (Å²) >= 11 is 0. The van der Waals surface area contributed by atoms with E-state index < -0.39 is 0 Å². The van der Waals surface area contributed by atoms with Gasteiger partial charge in [0.25, 0.3) is 0 Å². The highest BCUT2D eigenvalue weighted by Gasteiger charge is 2.19. The summed E-state index contributed by atoms with van der Waals surface area (Å²) < 4.78 is 0. The van der Waals surface area contributed by atoms with Crippen molar-refractivity contribution in [2.45, 2.75) is 51.1 Å². The number of rotatable bonds is 4. The number of nitrogens with one attached hydrogen (secondary N) is 1. The van der Waals surface area contributed by atoms with Crippen molar-refractivity contribution >= 4 is 5.91 Å². The molecule has 0 bridgehead atoms. The smallest absolute Gasteiger partial charge is 0.217 e. The van der Waals surface area contributed by atoms with Crippen LogP contribution >= 0.6 is 0 Å². The molecule has 0 aromatic carbocycles. The molecule has 2 unspecified atom stereocenters. The fourth-order valence-electron chi connectivity index (χ4n) is 1.77. The molecule has 1 rings (SSSR count). The second-order valence-corrected chi connectivity index (χ2v) is 3.70. The lowest BCUT2D eigenvalue weighted by molar-refractivity contribution is -0.118. The summed E-state index contributed by atoms with van der Waals surface area (Å²) in [6.07, 6.45) is 5.07. The third-order valence-electron chi connectivity index (χ3n) is 2.44. The summed E-state index contributed by atoms with van der Waals surface area (Å²) in [4.78, 5) is 10.4. The lowest BCUT2D eigenvalue weighted by Crippen LogP contribution is -2.27. The van der Waals surface area contributed by atoms with E-state index in [1.807, 2.05) is 0 Å². The van der Waals surface area contributed by atoms with Crippen molar-refractivity contribution in [1.82, 2.24) is 5.32 Å². The summed E-state index contributed by atoms with van der Waals surface area (Å²) in [5.41, 5.74) is 5.05. The molecular formula is C9H18N2O. The third-order valence-corrected chi connectivity index (χ3v) is 2.44. The van der Waals surface area contributed by atoms with Crippen molar-refractivity contribution in [3.8, 4) is 0 Å². The molecule has 1 fully saturated rings. The summed E-state index contributed by atoms with van der Waals surface area (Å²) in [6, 6.07) is 1.28. The minimum atomic E-state index is -0.180. The second kappa shape index (κ2) is 4.45. The van der Waals surface area contributed by atoms with Crippen molar-refractivity contribution < 1.29 is 4.79 Å². The molecule has 3 N–H and O–H groups in total. The molecule has 1 aliphatic heterocycles. The summed E-state index contributed by atoms with van der Waals surface area (Å²) in [5.74, 6) is -0.180. The van der Waals surface area contributed by atoms with Crippen molar-refractivity contribution in [2.24, 2.45) is 5.73 Å². The standard InChI is InChI=1S/C9H18N2O/c1-7-5-6-8(11-7)3-2-4-9(10)12/h7-8,11H,2-6H2,1H3,(H2,10,12). The van der Waals surface area contributed by atoms with Crippen LogP contribution in [-0.4, -0.2) is 18.0 Å². The predicted molar refractivity (Wildman–Crippen MR) is 48.7 cm³/mol. The van der Waals surface area contributed by atoms with Gasteiger partial charge >= 0.3 is 0 Å². The van der Waals surface area contributed by atoms with Gasteiger partial charge in [-0.3, -0.25) is 4.79 Å². The minimum Gasteiger partial charge on any atom is -0.370 e. The van der Waals surface area contributed by atoms with Gasteiger partial charge in [-0.25, -0.2) is 0 Å². The van der Waals surface area contributed by atoms with E-state index in [-0.39, 0.29) is 5.91 Å². The van der Waals surface area contributed by atoms with Gasteiger partial charge in [0, 0.05) is 18.5 Å². The van der Waals surface area contributed by atoms with Gasteiger partial charge < -0.3 is 11.1 Å². The molecule has 1 amide bonds. The van der Waals surface area contributed by atoms with Crippen LogP contribution in [-0.2, 0) is 4.79 Å². The zero-order chi connectivity index (χ0) is 8.97. The highest BCUT2D eigenvalue weighted by Crippen LogP contribution is 2.16.